The number of allylic oxidation sites excluding steroid dienone is 1. The number of benzene rings is 1. The molecule has 37 heavy (non-hydrogen) atoms. The van der Waals surface area contributed by atoms with E-state index in [0.717, 1.165) is 23.4 Å². The van der Waals surface area contributed by atoms with Crippen molar-refractivity contribution in [2.24, 2.45) is 11.7 Å². The topological polar surface area (TPSA) is 161 Å². The SMILES string of the molecule is COC(=O)NC(CC/C=C/C(N)=O)C(=O)Nc1cccn(Cc2nc3c(CC4CC4)cccc3[nH]2)c1=O. The lowest BCUT2D eigenvalue weighted by Crippen LogP contribution is -2.44. The summed E-state index contributed by atoms with van der Waals surface area (Å²) in [5.41, 5.74) is 7.76. The molecular weight excluding hydrogens is 476 g/mol. The first-order valence-corrected chi connectivity index (χ1v) is 12.1. The number of pyridine rings is 1. The number of para-hydroxylation sites is 1. The number of carbonyl (C=O) groups is 3. The number of ether oxygens (including phenoxy) is 1. The number of rotatable bonds is 11. The lowest BCUT2D eigenvalue weighted by Gasteiger charge is -2.17. The first-order chi connectivity index (χ1) is 17.8. The van der Waals surface area contributed by atoms with Gasteiger partial charge in [-0.3, -0.25) is 14.4 Å². The minimum Gasteiger partial charge on any atom is -0.453 e. The number of H-pyrrole nitrogens is 1. The van der Waals surface area contributed by atoms with Gasteiger partial charge in [-0.2, -0.15) is 0 Å². The van der Waals surface area contributed by atoms with E-state index in [9.17, 15) is 19.2 Å². The highest BCUT2D eigenvalue weighted by Crippen LogP contribution is 2.34. The summed E-state index contributed by atoms with van der Waals surface area (Å²) in [7, 11) is 1.18. The second kappa shape index (κ2) is 11.5. The second-order valence-electron chi connectivity index (χ2n) is 9.06. The predicted octanol–water partition coefficient (Wildman–Crippen LogP) is 2.21. The Hall–Kier alpha value is -4.41. The highest BCUT2D eigenvalue weighted by atomic mass is 16.5. The van der Waals surface area contributed by atoms with Gasteiger partial charge in [0.15, 0.2) is 0 Å². The molecule has 2 heterocycles. The van der Waals surface area contributed by atoms with Crippen LogP contribution in [-0.4, -0.2) is 45.6 Å². The quantitative estimate of drug-likeness (QED) is 0.292. The number of hydrogen-bond donors (Lipinski definition) is 4. The maximum Gasteiger partial charge on any atom is 0.407 e. The van der Waals surface area contributed by atoms with Crippen LogP contribution >= 0.6 is 0 Å². The number of fused-ring (bicyclic) bond motifs is 1. The van der Waals surface area contributed by atoms with Crippen LogP contribution in [0.1, 0.15) is 37.1 Å². The Balaban J connectivity index is 1.48. The maximum atomic E-state index is 13.1. The van der Waals surface area contributed by atoms with Crippen LogP contribution in [0, 0.1) is 5.92 Å². The standard InChI is InChI=1S/C26H30N6O5/c1-37-26(36)30-19(7-2-3-10-21(27)33)24(34)29-20-9-5-13-32(25(20)35)15-22-28-18-8-4-6-17(23(18)31-22)14-16-11-12-16/h3-6,8-10,13,16,19H,2,7,11-12,14-15H2,1H3,(H2,27,33)(H,28,31)(H,29,34)(H,30,36)/b10-3+. The van der Waals surface area contributed by atoms with E-state index in [-0.39, 0.29) is 18.7 Å². The lowest BCUT2D eigenvalue weighted by atomic mass is 10.1. The number of aromatic amines is 1. The molecular formula is C26H30N6O5. The van der Waals surface area contributed by atoms with Crippen LogP contribution in [0.4, 0.5) is 10.5 Å². The summed E-state index contributed by atoms with van der Waals surface area (Å²) < 4.78 is 6.04. The zero-order valence-electron chi connectivity index (χ0n) is 20.5. The lowest BCUT2D eigenvalue weighted by molar-refractivity contribution is -0.118. The third kappa shape index (κ3) is 6.84. The molecule has 11 nitrogen and oxygen atoms in total. The number of carbonyl (C=O) groups excluding carboxylic acids is 3. The summed E-state index contributed by atoms with van der Waals surface area (Å²) >= 11 is 0. The van der Waals surface area contributed by atoms with E-state index in [1.54, 1.807) is 12.3 Å². The Morgan fingerprint density at radius 1 is 1.27 bits per heavy atom. The van der Waals surface area contributed by atoms with Crippen molar-refractivity contribution < 1.29 is 19.1 Å². The normalized spacial score (nSPS) is 14.0. The number of nitrogens with two attached hydrogens (primary N) is 1. The Morgan fingerprint density at radius 3 is 2.81 bits per heavy atom. The summed E-state index contributed by atoms with van der Waals surface area (Å²) in [5.74, 6) is 0.150. The summed E-state index contributed by atoms with van der Waals surface area (Å²) in [6.45, 7) is 0.196. The van der Waals surface area contributed by atoms with E-state index < -0.39 is 29.5 Å². The van der Waals surface area contributed by atoms with Crippen molar-refractivity contribution in [3.05, 3.63) is 70.4 Å². The molecule has 1 unspecified atom stereocenters. The van der Waals surface area contributed by atoms with E-state index in [0.29, 0.717) is 12.2 Å². The summed E-state index contributed by atoms with van der Waals surface area (Å²) in [6.07, 6.45) is 7.46. The molecule has 0 aliphatic heterocycles. The van der Waals surface area contributed by atoms with Gasteiger partial charge in [0.1, 0.15) is 17.6 Å². The van der Waals surface area contributed by atoms with Crippen LogP contribution in [0.5, 0.6) is 0 Å². The molecule has 1 aromatic carbocycles. The minimum atomic E-state index is -1.00. The van der Waals surface area contributed by atoms with E-state index in [4.69, 9.17) is 10.7 Å². The first kappa shape index (κ1) is 25.7. The summed E-state index contributed by atoms with van der Waals surface area (Å²) in [6, 6.07) is 8.21. The van der Waals surface area contributed by atoms with Gasteiger partial charge in [-0.25, -0.2) is 9.78 Å². The van der Waals surface area contributed by atoms with Crippen molar-refractivity contribution in [3.63, 3.8) is 0 Å². The number of alkyl carbamates (subject to hydrolysis) is 1. The van der Waals surface area contributed by atoms with Crippen LogP contribution in [0.2, 0.25) is 0 Å². The van der Waals surface area contributed by atoms with E-state index in [1.807, 2.05) is 12.1 Å². The van der Waals surface area contributed by atoms with Crippen LogP contribution in [-0.2, 0) is 27.3 Å². The fourth-order valence-electron chi connectivity index (χ4n) is 4.09. The molecule has 0 bridgehead atoms. The number of nitrogens with one attached hydrogen (secondary N) is 3. The number of nitrogens with zero attached hydrogens (tertiary/aromatic N) is 2. The zero-order valence-corrected chi connectivity index (χ0v) is 20.5. The Bertz CT molecular complexity index is 1390. The van der Waals surface area contributed by atoms with Crippen LogP contribution in [0.25, 0.3) is 11.0 Å². The van der Waals surface area contributed by atoms with Crippen molar-refractivity contribution in [2.45, 2.75) is 44.7 Å². The monoisotopic (exact) mass is 506 g/mol. The summed E-state index contributed by atoms with van der Waals surface area (Å²) in [4.78, 5) is 56.6. The van der Waals surface area contributed by atoms with Crippen molar-refractivity contribution in [1.82, 2.24) is 19.9 Å². The van der Waals surface area contributed by atoms with Crippen molar-refractivity contribution in [1.29, 1.82) is 0 Å². The highest BCUT2D eigenvalue weighted by molar-refractivity contribution is 5.96. The average Bonchev–Trinajstić information content (AvgIpc) is 3.59. The number of amides is 3. The van der Waals surface area contributed by atoms with E-state index in [2.05, 4.69) is 26.4 Å². The number of aromatic nitrogens is 3. The van der Waals surface area contributed by atoms with E-state index >= 15 is 0 Å². The number of primary amides is 1. The van der Waals surface area contributed by atoms with Crippen molar-refractivity contribution in [2.75, 3.05) is 12.4 Å². The molecule has 11 heteroatoms. The maximum absolute atomic E-state index is 13.1. The fraction of sp³-hybridized carbons (Fsp3) is 0.346. The van der Waals surface area contributed by atoms with Crippen LogP contribution in [0.3, 0.4) is 0 Å². The first-order valence-electron chi connectivity index (χ1n) is 12.1. The molecule has 0 radical (unpaired) electrons. The fourth-order valence-corrected chi connectivity index (χ4v) is 4.09. The van der Waals surface area contributed by atoms with Gasteiger partial charge in [0, 0.05) is 6.20 Å². The molecule has 194 valence electrons. The number of imidazole rings is 1. The molecule has 4 rings (SSSR count). The molecule has 5 N–H and O–H groups in total. The largest absolute Gasteiger partial charge is 0.453 e. The minimum absolute atomic E-state index is 0.0578. The predicted molar refractivity (Wildman–Crippen MR) is 138 cm³/mol. The van der Waals surface area contributed by atoms with Crippen molar-refractivity contribution in [3.8, 4) is 0 Å². The average molecular weight is 507 g/mol. The Labute approximate surface area is 213 Å². The van der Waals surface area contributed by atoms with Gasteiger partial charge in [-0.05, 0) is 67.9 Å². The molecule has 0 spiro atoms. The van der Waals surface area contributed by atoms with Gasteiger partial charge >= 0.3 is 6.09 Å². The molecule has 3 aromatic rings. The van der Waals surface area contributed by atoms with E-state index in [1.165, 1.54) is 48.3 Å². The zero-order chi connectivity index (χ0) is 26.4. The van der Waals surface area contributed by atoms with Crippen LogP contribution < -0.4 is 21.9 Å². The number of anilines is 1. The smallest absolute Gasteiger partial charge is 0.407 e. The van der Waals surface area contributed by atoms with Crippen LogP contribution in [0.15, 0.2) is 53.5 Å². The molecule has 1 aliphatic carbocycles. The molecule has 1 saturated carbocycles. The summed E-state index contributed by atoms with van der Waals surface area (Å²) in [5, 5.41) is 5.03. The molecule has 3 amide bonds. The Kier molecular flexibility index (Phi) is 8.02. The van der Waals surface area contributed by atoms with Gasteiger partial charge in [0.25, 0.3) is 5.56 Å². The molecule has 2 aromatic heterocycles. The van der Waals surface area contributed by atoms with Crippen molar-refractivity contribution >= 4 is 34.6 Å². The Morgan fingerprint density at radius 2 is 2.08 bits per heavy atom. The van der Waals surface area contributed by atoms with Gasteiger partial charge in [0.2, 0.25) is 11.8 Å². The van der Waals surface area contributed by atoms with Gasteiger partial charge < -0.3 is 30.7 Å². The van der Waals surface area contributed by atoms with Gasteiger partial charge in [-0.1, -0.05) is 18.2 Å². The highest BCUT2D eigenvalue weighted by Gasteiger charge is 2.24. The second-order valence-corrected chi connectivity index (χ2v) is 9.06. The molecule has 0 saturated heterocycles. The van der Waals surface area contributed by atoms with Gasteiger partial charge in [0.05, 0.1) is 24.7 Å². The number of methoxy groups -OCH3 is 1. The van der Waals surface area contributed by atoms with Gasteiger partial charge in [-0.15, -0.1) is 0 Å². The molecule has 1 aliphatic rings. The third-order valence-corrected chi connectivity index (χ3v) is 6.15. The molecule has 1 atom stereocenters. The third-order valence-electron chi connectivity index (χ3n) is 6.15. The molecule has 1 fully saturated rings. The number of hydrogen-bond acceptors (Lipinski definition) is 6.